The number of nitro benzene ring substituents is 1. The van der Waals surface area contributed by atoms with E-state index in [0.29, 0.717) is 16.2 Å². The third kappa shape index (κ3) is 3.82. The summed E-state index contributed by atoms with van der Waals surface area (Å²) in [4.78, 5) is 67.0. The summed E-state index contributed by atoms with van der Waals surface area (Å²) >= 11 is 1.16. The highest BCUT2D eigenvalue weighted by Gasteiger charge is 2.65. The SMILES string of the molecule is COc1ccc(C2C3C(=O)N(c4cccc([N+](=O)[O-])c4)C(=O)C3C(C(N)=O)N2C(=O)c2cccs2)cc1. The molecule has 1 aromatic heterocycles. The quantitative estimate of drug-likeness (QED) is 0.298. The zero-order valence-corrected chi connectivity index (χ0v) is 20.2. The van der Waals surface area contributed by atoms with Gasteiger partial charge in [0.25, 0.3) is 11.6 Å². The number of non-ortho nitro benzene ring substituents is 1. The molecule has 0 radical (unpaired) electrons. The Hall–Kier alpha value is -4.58. The average Bonchev–Trinajstić information content (AvgIpc) is 3.60. The minimum absolute atomic E-state index is 0.00596. The fraction of sp³-hybridized carbons (Fsp3) is 0.200. The Morgan fingerprint density at radius 3 is 2.32 bits per heavy atom. The highest BCUT2D eigenvalue weighted by molar-refractivity contribution is 7.12. The van der Waals surface area contributed by atoms with E-state index in [1.54, 1.807) is 41.8 Å². The number of rotatable bonds is 6. The monoisotopic (exact) mass is 520 g/mol. The van der Waals surface area contributed by atoms with Gasteiger partial charge in [-0.05, 0) is 35.2 Å². The zero-order chi connectivity index (χ0) is 26.4. The summed E-state index contributed by atoms with van der Waals surface area (Å²) in [5, 5.41) is 13.0. The molecule has 0 bridgehead atoms. The first-order valence-corrected chi connectivity index (χ1v) is 12.0. The molecule has 2 fully saturated rings. The third-order valence-electron chi connectivity index (χ3n) is 6.69. The molecule has 4 amide bonds. The summed E-state index contributed by atoms with van der Waals surface area (Å²) < 4.78 is 5.22. The van der Waals surface area contributed by atoms with Gasteiger partial charge in [-0.1, -0.05) is 24.3 Å². The van der Waals surface area contributed by atoms with E-state index < -0.39 is 52.5 Å². The molecular weight excluding hydrogens is 500 g/mol. The number of hydrogen-bond acceptors (Lipinski definition) is 8. The number of ether oxygens (including phenoxy) is 1. The molecule has 0 aliphatic carbocycles. The Balaban J connectivity index is 1.66. The number of nitrogens with two attached hydrogens (primary N) is 1. The molecule has 2 saturated heterocycles. The second-order valence-corrected chi connectivity index (χ2v) is 9.54. The van der Waals surface area contributed by atoms with Crippen molar-refractivity contribution in [1.82, 2.24) is 4.90 Å². The van der Waals surface area contributed by atoms with Gasteiger partial charge in [-0.15, -0.1) is 11.3 Å². The number of amides is 4. The Morgan fingerprint density at radius 1 is 1.03 bits per heavy atom. The molecule has 5 rings (SSSR count). The number of carbonyl (C=O) groups excluding carboxylic acids is 4. The van der Waals surface area contributed by atoms with Crippen LogP contribution < -0.4 is 15.4 Å². The summed E-state index contributed by atoms with van der Waals surface area (Å²) in [6.45, 7) is 0. The van der Waals surface area contributed by atoms with Gasteiger partial charge in [-0.2, -0.15) is 0 Å². The molecule has 3 aromatic rings. The predicted octanol–water partition coefficient (Wildman–Crippen LogP) is 2.52. The second-order valence-electron chi connectivity index (χ2n) is 8.60. The van der Waals surface area contributed by atoms with Crippen molar-refractivity contribution in [3.8, 4) is 5.75 Å². The Morgan fingerprint density at radius 2 is 1.73 bits per heavy atom. The Labute approximate surface area is 214 Å². The lowest BCUT2D eigenvalue weighted by Crippen LogP contribution is -2.50. The van der Waals surface area contributed by atoms with Crippen molar-refractivity contribution >= 4 is 46.3 Å². The molecule has 0 saturated carbocycles. The van der Waals surface area contributed by atoms with Crippen molar-refractivity contribution in [2.24, 2.45) is 17.6 Å². The van der Waals surface area contributed by atoms with E-state index in [1.165, 1.54) is 30.2 Å². The van der Waals surface area contributed by atoms with Crippen molar-refractivity contribution in [2.45, 2.75) is 12.1 Å². The average molecular weight is 521 g/mol. The van der Waals surface area contributed by atoms with Crippen molar-refractivity contribution in [3.63, 3.8) is 0 Å². The smallest absolute Gasteiger partial charge is 0.271 e. The van der Waals surface area contributed by atoms with Gasteiger partial charge in [0.05, 0.1) is 40.5 Å². The van der Waals surface area contributed by atoms with Gasteiger partial charge >= 0.3 is 0 Å². The number of methoxy groups -OCH3 is 1. The van der Waals surface area contributed by atoms with Crippen LogP contribution in [0.2, 0.25) is 0 Å². The first-order chi connectivity index (χ1) is 17.7. The number of primary amides is 1. The highest BCUT2D eigenvalue weighted by Crippen LogP contribution is 2.51. The molecule has 2 aromatic carbocycles. The molecule has 4 unspecified atom stereocenters. The first kappa shape index (κ1) is 24.1. The van der Waals surface area contributed by atoms with E-state index in [9.17, 15) is 29.3 Å². The van der Waals surface area contributed by atoms with Crippen LogP contribution in [0, 0.1) is 22.0 Å². The van der Waals surface area contributed by atoms with Crippen LogP contribution in [-0.2, 0) is 14.4 Å². The van der Waals surface area contributed by atoms with Crippen LogP contribution in [0.1, 0.15) is 21.3 Å². The first-order valence-electron chi connectivity index (χ1n) is 11.2. The number of thiophene rings is 1. The molecule has 2 aliphatic rings. The van der Waals surface area contributed by atoms with Gasteiger partial charge in [0.1, 0.15) is 11.8 Å². The normalized spacial score (nSPS) is 22.7. The maximum Gasteiger partial charge on any atom is 0.271 e. The summed E-state index contributed by atoms with van der Waals surface area (Å²) in [6.07, 6.45) is 0. The van der Waals surface area contributed by atoms with E-state index in [1.807, 2.05) is 0 Å². The van der Waals surface area contributed by atoms with Crippen LogP contribution in [0.25, 0.3) is 0 Å². The lowest BCUT2D eigenvalue weighted by atomic mass is 9.86. The van der Waals surface area contributed by atoms with Gasteiger partial charge < -0.3 is 15.4 Å². The zero-order valence-electron chi connectivity index (χ0n) is 19.3. The van der Waals surface area contributed by atoms with Crippen LogP contribution in [0.5, 0.6) is 5.75 Å². The fourth-order valence-electron chi connectivity index (χ4n) is 5.16. The maximum atomic E-state index is 13.8. The molecule has 3 heterocycles. The largest absolute Gasteiger partial charge is 0.497 e. The molecule has 12 heteroatoms. The Kier molecular flexibility index (Phi) is 5.96. The standard InChI is InChI=1S/C25H20N4O7S/c1-36-16-9-7-13(8-10-16)20-18-19(21(22(26)30)28(20)23(31)17-6-3-11-37-17)25(33)27(24(18)32)14-4-2-5-15(12-14)29(34)35/h2-12,18-21H,1H3,(H2,26,30). The van der Waals surface area contributed by atoms with Crippen LogP contribution in [-0.4, -0.2) is 46.6 Å². The minimum Gasteiger partial charge on any atom is -0.497 e. The van der Waals surface area contributed by atoms with Gasteiger partial charge in [0.15, 0.2) is 0 Å². The third-order valence-corrected chi connectivity index (χ3v) is 7.55. The number of imide groups is 1. The molecule has 11 nitrogen and oxygen atoms in total. The number of hydrogen-bond donors (Lipinski definition) is 1. The lowest BCUT2D eigenvalue weighted by Gasteiger charge is -2.32. The molecular formula is C25H20N4O7S. The second kappa shape index (κ2) is 9.13. The van der Waals surface area contributed by atoms with Crippen LogP contribution in [0.4, 0.5) is 11.4 Å². The molecule has 2 aliphatic heterocycles. The highest BCUT2D eigenvalue weighted by atomic mass is 32.1. The van der Waals surface area contributed by atoms with Crippen molar-refractivity contribution in [2.75, 3.05) is 12.0 Å². The maximum absolute atomic E-state index is 13.8. The summed E-state index contributed by atoms with van der Waals surface area (Å²) in [6, 6.07) is 12.6. The van der Waals surface area contributed by atoms with Gasteiger partial charge in [0.2, 0.25) is 17.7 Å². The number of anilines is 1. The van der Waals surface area contributed by atoms with E-state index >= 15 is 0 Å². The summed E-state index contributed by atoms with van der Waals surface area (Å²) in [5.74, 6) is -4.76. The summed E-state index contributed by atoms with van der Waals surface area (Å²) in [7, 11) is 1.49. The Bertz CT molecular complexity index is 1420. The number of carbonyl (C=O) groups is 4. The van der Waals surface area contributed by atoms with Crippen molar-refractivity contribution < 1.29 is 28.8 Å². The van der Waals surface area contributed by atoms with Gasteiger partial charge in [-0.3, -0.25) is 29.3 Å². The van der Waals surface area contributed by atoms with Crippen LogP contribution in [0.3, 0.4) is 0 Å². The van der Waals surface area contributed by atoms with E-state index in [0.717, 1.165) is 22.3 Å². The predicted molar refractivity (Wildman–Crippen MR) is 132 cm³/mol. The number of nitrogens with zero attached hydrogens (tertiary/aromatic N) is 3. The van der Waals surface area contributed by atoms with Crippen molar-refractivity contribution in [3.05, 3.63) is 86.6 Å². The fourth-order valence-corrected chi connectivity index (χ4v) is 5.83. The van der Waals surface area contributed by atoms with Gasteiger partial charge in [-0.25, -0.2) is 4.90 Å². The van der Waals surface area contributed by atoms with E-state index in [-0.39, 0.29) is 11.4 Å². The molecule has 4 atom stereocenters. The summed E-state index contributed by atoms with van der Waals surface area (Å²) in [5.41, 5.74) is 5.97. The molecule has 37 heavy (non-hydrogen) atoms. The number of likely N-dealkylation sites (tertiary alicyclic amines) is 1. The molecule has 0 spiro atoms. The van der Waals surface area contributed by atoms with E-state index in [2.05, 4.69) is 0 Å². The topological polar surface area (TPSA) is 153 Å². The van der Waals surface area contributed by atoms with Gasteiger partial charge in [0, 0.05) is 12.1 Å². The van der Waals surface area contributed by atoms with E-state index in [4.69, 9.17) is 10.5 Å². The molecule has 2 N–H and O–H groups in total. The molecule has 188 valence electrons. The number of nitro groups is 1. The van der Waals surface area contributed by atoms with Crippen LogP contribution in [0.15, 0.2) is 66.0 Å². The minimum atomic E-state index is -1.41. The lowest BCUT2D eigenvalue weighted by molar-refractivity contribution is -0.384. The van der Waals surface area contributed by atoms with Crippen molar-refractivity contribution in [1.29, 1.82) is 0 Å². The van der Waals surface area contributed by atoms with Crippen LogP contribution >= 0.6 is 11.3 Å². The number of fused-ring (bicyclic) bond motifs is 1. The number of benzene rings is 2.